The van der Waals surface area contributed by atoms with Crippen LogP contribution in [-0.2, 0) is 0 Å². The van der Waals surface area contributed by atoms with E-state index in [1.54, 1.807) is 7.11 Å². The molecular formula is C25H30N2O3. The van der Waals surface area contributed by atoms with Crippen molar-refractivity contribution in [2.24, 2.45) is 0 Å². The lowest BCUT2D eigenvalue weighted by Crippen LogP contribution is -2.46. The van der Waals surface area contributed by atoms with Crippen LogP contribution in [0.4, 0.5) is 0 Å². The molecule has 0 aliphatic carbocycles. The van der Waals surface area contributed by atoms with Gasteiger partial charge in [0.1, 0.15) is 17.1 Å². The second-order valence-corrected chi connectivity index (χ2v) is 7.89. The Hall–Kier alpha value is -2.79. The van der Waals surface area contributed by atoms with Gasteiger partial charge in [-0.3, -0.25) is 4.79 Å². The highest BCUT2D eigenvalue weighted by Crippen LogP contribution is 2.43. The minimum absolute atomic E-state index is 0.0735. The van der Waals surface area contributed by atoms with Crippen LogP contribution >= 0.6 is 0 Å². The van der Waals surface area contributed by atoms with Crippen LogP contribution < -0.4 is 14.8 Å². The van der Waals surface area contributed by atoms with E-state index in [-0.39, 0.29) is 11.5 Å². The Morgan fingerprint density at radius 1 is 1.10 bits per heavy atom. The summed E-state index contributed by atoms with van der Waals surface area (Å²) in [5.41, 5.74) is 3.68. The minimum atomic E-state index is -0.294. The normalized spacial score (nSPS) is 17.0. The number of nitrogens with one attached hydrogen (secondary N) is 1. The van der Waals surface area contributed by atoms with Gasteiger partial charge in [0.05, 0.1) is 7.11 Å². The van der Waals surface area contributed by atoms with E-state index in [0.717, 1.165) is 59.7 Å². The SMILES string of the molecule is CCN(CC)C(=O)c1ccc(C2=CC3(CCNCC3)Oc3ccc(OC)cc32)cc1. The lowest BCUT2D eigenvalue weighted by atomic mass is 9.83. The monoisotopic (exact) mass is 406 g/mol. The van der Waals surface area contributed by atoms with Crippen LogP contribution in [-0.4, -0.2) is 49.7 Å². The Balaban J connectivity index is 1.74. The predicted octanol–water partition coefficient (Wildman–Crippen LogP) is 4.12. The van der Waals surface area contributed by atoms with Gasteiger partial charge in [-0.25, -0.2) is 0 Å². The number of hydrogen-bond donors (Lipinski definition) is 1. The minimum Gasteiger partial charge on any atom is -0.497 e. The maximum absolute atomic E-state index is 12.7. The number of benzene rings is 2. The highest BCUT2D eigenvalue weighted by Gasteiger charge is 2.37. The molecule has 5 nitrogen and oxygen atoms in total. The first-order chi connectivity index (χ1) is 14.6. The van der Waals surface area contributed by atoms with E-state index in [4.69, 9.17) is 9.47 Å². The molecule has 0 aromatic heterocycles. The average molecular weight is 407 g/mol. The molecule has 1 amide bonds. The zero-order chi connectivity index (χ0) is 21.1. The maximum atomic E-state index is 12.7. The largest absolute Gasteiger partial charge is 0.497 e. The number of piperidine rings is 1. The Morgan fingerprint density at radius 3 is 2.43 bits per heavy atom. The fourth-order valence-corrected chi connectivity index (χ4v) is 4.35. The topological polar surface area (TPSA) is 50.8 Å². The molecule has 2 aromatic carbocycles. The molecule has 1 fully saturated rings. The van der Waals surface area contributed by atoms with Gasteiger partial charge in [-0.15, -0.1) is 0 Å². The van der Waals surface area contributed by atoms with Gasteiger partial charge in [0.15, 0.2) is 0 Å². The van der Waals surface area contributed by atoms with Crippen LogP contribution in [0.2, 0.25) is 0 Å². The molecule has 30 heavy (non-hydrogen) atoms. The van der Waals surface area contributed by atoms with E-state index in [0.29, 0.717) is 13.1 Å². The van der Waals surface area contributed by atoms with Gasteiger partial charge < -0.3 is 19.7 Å². The second kappa shape index (κ2) is 8.52. The number of ether oxygens (including phenoxy) is 2. The molecule has 2 aliphatic rings. The van der Waals surface area contributed by atoms with Crippen LogP contribution in [0.5, 0.6) is 11.5 Å². The average Bonchev–Trinajstić information content (AvgIpc) is 2.79. The van der Waals surface area contributed by atoms with E-state index >= 15 is 0 Å². The fraction of sp³-hybridized carbons (Fsp3) is 0.400. The van der Waals surface area contributed by atoms with E-state index in [1.807, 2.05) is 61.2 Å². The summed E-state index contributed by atoms with van der Waals surface area (Å²) in [6, 6.07) is 13.9. The van der Waals surface area contributed by atoms with Gasteiger partial charge in [0.25, 0.3) is 5.91 Å². The molecular weight excluding hydrogens is 376 g/mol. The molecule has 0 saturated carbocycles. The van der Waals surface area contributed by atoms with Crippen LogP contribution in [0.3, 0.4) is 0 Å². The van der Waals surface area contributed by atoms with Crippen molar-refractivity contribution in [2.75, 3.05) is 33.3 Å². The number of fused-ring (bicyclic) bond motifs is 1. The van der Waals surface area contributed by atoms with Crippen LogP contribution in [0.1, 0.15) is 48.2 Å². The van der Waals surface area contributed by atoms with Crippen molar-refractivity contribution in [3.8, 4) is 11.5 Å². The van der Waals surface area contributed by atoms with E-state index < -0.39 is 0 Å². The molecule has 0 bridgehead atoms. The maximum Gasteiger partial charge on any atom is 0.253 e. The zero-order valence-corrected chi connectivity index (χ0v) is 18.0. The Morgan fingerprint density at radius 2 is 1.80 bits per heavy atom. The van der Waals surface area contributed by atoms with Crippen molar-refractivity contribution in [3.05, 3.63) is 65.2 Å². The van der Waals surface area contributed by atoms with E-state index in [2.05, 4.69) is 11.4 Å². The van der Waals surface area contributed by atoms with Gasteiger partial charge in [-0.2, -0.15) is 0 Å². The third-order valence-electron chi connectivity index (χ3n) is 6.14. The first-order valence-electron chi connectivity index (χ1n) is 10.8. The van der Waals surface area contributed by atoms with Gasteiger partial charge in [-0.05, 0) is 74.5 Å². The first kappa shape index (κ1) is 20.5. The molecule has 158 valence electrons. The van der Waals surface area contributed by atoms with Gasteiger partial charge in [0.2, 0.25) is 0 Å². The van der Waals surface area contributed by atoms with Crippen LogP contribution in [0.25, 0.3) is 5.57 Å². The molecule has 4 rings (SSSR count). The molecule has 1 N–H and O–H groups in total. The predicted molar refractivity (Wildman–Crippen MR) is 119 cm³/mol. The molecule has 1 saturated heterocycles. The Bertz CT molecular complexity index is 939. The summed E-state index contributed by atoms with van der Waals surface area (Å²) >= 11 is 0. The van der Waals surface area contributed by atoms with Crippen molar-refractivity contribution in [2.45, 2.75) is 32.3 Å². The number of nitrogens with zero attached hydrogens (tertiary/aromatic N) is 1. The molecule has 2 aliphatic heterocycles. The standard InChI is InChI=1S/C25H30N2O3/c1-4-27(5-2)24(28)19-8-6-18(7-9-19)22-17-25(12-14-26-15-13-25)30-23-11-10-20(29-3)16-21(22)23/h6-11,16-17,26H,4-5,12-15H2,1-3H3. The van der Waals surface area contributed by atoms with Gasteiger partial charge >= 0.3 is 0 Å². The van der Waals surface area contributed by atoms with Crippen LogP contribution in [0, 0.1) is 0 Å². The second-order valence-electron chi connectivity index (χ2n) is 7.89. The summed E-state index contributed by atoms with van der Waals surface area (Å²) in [7, 11) is 1.68. The first-order valence-corrected chi connectivity index (χ1v) is 10.8. The number of rotatable bonds is 5. The number of hydrogen-bond acceptors (Lipinski definition) is 4. The third kappa shape index (κ3) is 3.82. The van der Waals surface area contributed by atoms with Gasteiger partial charge in [-0.1, -0.05) is 12.1 Å². The fourth-order valence-electron chi connectivity index (χ4n) is 4.35. The van der Waals surface area contributed by atoms with Crippen molar-refractivity contribution >= 4 is 11.5 Å². The lowest BCUT2D eigenvalue weighted by molar-refractivity contribution is 0.0772. The summed E-state index contributed by atoms with van der Waals surface area (Å²) in [5, 5.41) is 3.42. The summed E-state index contributed by atoms with van der Waals surface area (Å²) in [6.07, 6.45) is 4.14. The van der Waals surface area contributed by atoms with Crippen molar-refractivity contribution in [1.29, 1.82) is 0 Å². The quantitative estimate of drug-likeness (QED) is 0.811. The molecule has 0 unspecified atom stereocenters. The smallest absolute Gasteiger partial charge is 0.253 e. The lowest BCUT2D eigenvalue weighted by Gasteiger charge is -2.40. The Kier molecular flexibility index (Phi) is 5.82. The highest BCUT2D eigenvalue weighted by molar-refractivity contribution is 5.95. The van der Waals surface area contributed by atoms with Gasteiger partial charge in [0, 0.05) is 37.1 Å². The number of methoxy groups -OCH3 is 1. The summed E-state index contributed by atoms with van der Waals surface area (Å²) in [5.74, 6) is 1.76. The molecule has 2 heterocycles. The summed E-state index contributed by atoms with van der Waals surface area (Å²) in [6.45, 7) is 7.31. The van der Waals surface area contributed by atoms with Crippen molar-refractivity contribution in [1.82, 2.24) is 10.2 Å². The number of carbonyl (C=O) groups excluding carboxylic acids is 1. The molecule has 5 heteroatoms. The van der Waals surface area contributed by atoms with Crippen molar-refractivity contribution in [3.63, 3.8) is 0 Å². The highest BCUT2D eigenvalue weighted by atomic mass is 16.5. The number of amides is 1. The van der Waals surface area contributed by atoms with Crippen LogP contribution in [0.15, 0.2) is 48.5 Å². The van der Waals surface area contributed by atoms with E-state index in [1.165, 1.54) is 0 Å². The molecule has 0 radical (unpaired) electrons. The Labute approximate surface area is 178 Å². The van der Waals surface area contributed by atoms with E-state index in [9.17, 15) is 4.79 Å². The number of carbonyl (C=O) groups is 1. The zero-order valence-electron chi connectivity index (χ0n) is 18.0. The molecule has 0 atom stereocenters. The summed E-state index contributed by atoms with van der Waals surface area (Å²) < 4.78 is 12.0. The third-order valence-corrected chi connectivity index (χ3v) is 6.14. The molecule has 1 spiro atoms. The molecule has 2 aromatic rings. The van der Waals surface area contributed by atoms with Crippen molar-refractivity contribution < 1.29 is 14.3 Å². The summed E-state index contributed by atoms with van der Waals surface area (Å²) in [4.78, 5) is 14.5.